The number of carbonyl (C=O) groups is 1. The van der Waals surface area contributed by atoms with Crippen LogP contribution in [0.2, 0.25) is 0 Å². The number of unbranched alkanes of at least 4 members (excludes halogenated alkanes) is 19. The maximum atomic E-state index is 11.8. The van der Waals surface area contributed by atoms with E-state index in [9.17, 15) is 4.79 Å². The Labute approximate surface area is 213 Å². The lowest BCUT2D eigenvalue weighted by molar-refractivity contribution is -0.145. The standard InChI is InChI=1S/C30H60O4/c1-3-5-7-9-11-12-13-14-15-16-17-18-19-20-22-24-30(31)34-29-28-33-27-26-32-25-23-21-10-8-6-4-2/h3-29H2,1-2H3. The molecule has 0 saturated carbocycles. The third-order valence-electron chi connectivity index (χ3n) is 6.49. The summed E-state index contributed by atoms with van der Waals surface area (Å²) in [5.41, 5.74) is 0. The number of hydrogen-bond acceptors (Lipinski definition) is 4. The van der Waals surface area contributed by atoms with E-state index in [-0.39, 0.29) is 5.97 Å². The second-order valence-electron chi connectivity index (χ2n) is 9.91. The minimum atomic E-state index is -0.0855. The summed E-state index contributed by atoms with van der Waals surface area (Å²) in [5, 5.41) is 0. The molecule has 34 heavy (non-hydrogen) atoms. The van der Waals surface area contributed by atoms with Crippen molar-refractivity contribution in [3.8, 4) is 0 Å². The third kappa shape index (κ3) is 29.4. The van der Waals surface area contributed by atoms with E-state index in [1.807, 2.05) is 0 Å². The van der Waals surface area contributed by atoms with Gasteiger partial charge < -0.3 is 14.2 Å². The zero-order valence-electron chi connectivity index (χ0n) is 23.2. The Balaban J connectivity index is 3.14. The maximum Gasteiger partial charge on any atom is 0.305 e. The molecule has 0 aromatic carbocycles. The van der Waals surface area contributed by atoms with E-state index in [2.05, 4.69) is 13.8 Å². The first kappa shape index (κ1) is 33.4. The van der Waals surface area contributed by atoms with Gasteiger partial charge in [-0.15, -0.1) is 0 Å². The first-order chi connectivity index (χ1) is 16.8. The van der Waals surface area contributed by atoms with E-state index >= 15 is 0 Å². The number of carbonyl (C=O) groups excluding carboxylic acids is 1. The minimum absolute atomic E-state index is 0.0855. The Morgan fingerprint density at radius 2 is 0.765 bits per heavy atom. The first-order valence-electron chi connectivity index (χ1n) is 15.1. The van der Waals surface area contributed by atoms with Crippen LogP contribution in [-0.2, 0) is 19.0 Å². The normalized spacial score (nSPS) is 11.2. The first-order valence-corrected chi connectivity index (χ1v) is 15.1. The zero-order chi connectivity index (χ0) is 24.8. The van der Waals surface area contributed by atoms with Crippen LogP contribution in [0.5, 0.6) is 0 Å². The van der Waals surface area contributed by atoms with Crippen molar-refractivity contribution in [3.05, 3.63) is 0 Å². The smallest absolute Gasteiger partial charge is 0.305 e. The predicted octanol–water partition coefficient (Wildman–Crippen LogP) is 9.18. The van der Waals surface area contributed by atoms with Crippen molar-refractivity contribution in [1.82, 2.24) is 0 Å². The van der Waals surface area contributed by atoms with Crippen LogP contribution in [0.15, 0.2) is 0 Å². The fraction of sp³-hybridized carbons (Fsp3) is 0.967. The van der Waals surface area contributed by atoms with Crippen molar-refractivity contribution in [1.29, 1.82) is 0 Å². The van der Waals surface area contributed by atoms with Gasteiger partial charge in [0.25, 0.3) is 0 Å². The van der Waals surface area contributed by atoms with Gasteiger partial charge in [-0.05, 0) is 12.8 Å². The highest BCUT2D eigenvalue weighted by molar-refractivity contribution is 5.69. The summed E-state index contributed by atoms with van der Waals surface area (Å²) in [5.74, 6) is -0.0855. The summed E-state index contributed by atoms with van der Waals surface area (Å²) >= 11 is 0. The molecule has 0 aliphatic heterocycles. The summed E-state index contributed by atoms with van der Waals surface area (Å²) in [7, 11) is 0. The fourth-order valence-electron chi connectivity index (χ4n) is 4.23. The lowest BCUT2D eigenvalue weighted by Crippen LogP contribution is -2.13. The van der Waals surface area contributed by atoms with Gasteiger partial charge in [0.15, 0.2) is 0 Å². The minimum Gasteiger partial charge on any atom is -0.463 e. The average molecular weight is 485 g/mol. The molecule has 0 aromatic heterocycles. The second kappa shape index (κ2) is 30.4. The molecule has 0 fully saturated rings. The van der Waals surface area contributed by atoms with E-state index in [0.29, 0.717) is 32.8 Å². The van der Waals surface area contributed by atoms with Gasteiger partial charge in [-0.2, -0.15) is 0 Å². The van der Waals surface area contributed by atoms with E-state index in [0.717, 1.165) is 25.9 Å². The summed E-state index contributed by atoms with van der Waals surface area (Å²) < 4.78 is 16.3. The SMILES string of the molecule is CCCCCCCCCCCCCCCCCC(=O)OCCOCCOCCCCCCCC. The molecule has 0 atom stereocenters. The van der Waals surface area contributed by atoms with Crippen molar-refractivity contribution >= 4 is 5.97 Å². The second-order valence-corrected chi connectivity index (χ2v) is 9.91. The summed E-state index contributed by atoms with van der Waals surface area (Å²) in [6.07, 6.45) is 28.3. The van der Waals surface area contributed by atoms with Crippen LogP contribution in [0.4, 0.5) is 0 Å². The summed E-state index contributed by atoms with van der Waals surface area (Å²) in [4.78, 5) is 11.8. The molecule has 4 heteroatoms. The molecule has 0 saturated heterocycles. The quantitative estimate of drug-likeness (QED) is 0.0784. The van der Waals surface area contributed by atoms with Gasteiger partial charge in [0.05, 0.1) is 19.8 Å². The van der Waals surface area contributed by atoms with Crippen LogP contribution in [0.25, 0.3) is 0 Å². The van der Waals surface area contributed by atoms with Crippen molar-refractivity contribution in [2.24, 2.45) is 0 Å². The molecule has 0 amide bonds. The van der Waals surface area contributed by atoms with Crippen molar-refractivity contribution in [2.75, 3.05) is 33.0 Å². The number of rotatable bonds is 29. The highest BCUT2D eigenvalue weighted by Crippen LogP contribution is 2.13. The molecule has 0 aliphatic rings. The van der Waals surface area contributed by atoms with Crippen LogP contribution < -0.4 is 0 Å². The molecule has 0 bridgehead atoms. The predicted molar refractivity (Wildman–Crippen MR) is 146 cm³/mol. The Hall–Kier alpha value is -0.610. The van der Waals surface area contributed by atoms with Crippen molar-refractivity contribution in [2.45, 2.75) is 155 Å². The summed E-state index contributed by atoms with van der Waals surface area (Å²) in [6.45, 7) is 7.37. The third-order valence-corrected chi connectivity index (χ3v) is 6.49. The van der Waals surface area contributed by atoms with Gasteiger partial charge in [-0.25, -0.2) is 0 Å². The fourth-order valence-corrected chi connectivity index (χ4v) is 4.23. The van der Waals surface area contributed by atoms with Crippen LogP contribution in [0.1, 0.15) is 155 Å². The number of hydrogen-bond donors (Lipinski definition) is 0. The highest BCUT2D eigenvalue weighted by atomic mass is 16.6. The van der Waals surface area contributed by atoms with Gasteiger partial charge in [-0.3, -0.25) is 4.79 Å². The molecule has 0 N–H and O–H groups in total. The molecule has 0 aliphatic carbocycles. The van der Waals surface area contributed by atoms with Gasteiger partial charge >= 0.3 is 5.97 Å². The highest BCUT2D eigenvalue weighted by Gasteiger charge is 2.02. The maximum absolute atomic E-state index is 11.8. The molecule has 0 rings (SSSR count). The van der Waals surface area contributed by atoms with E-state index < -0.39 is 0 Å². The van der Waals surface area contributed by atoms with Gasteiger partial charge in [-0.1, -0.05) is 136 Å². The van der Waals surface area contributed by atoms with Gasteiger partial charge in [0.2, 0.25) is 0 Å². The van der Waals surface area contributed by atoms with E-state index in [1.54, 1.807) is 0 Å². The molecule has 0 heterocycles. The van der Waals surface area contributed by atoms with Crippen molar-refractivity contribution in [3.63, 3.8) is 0 Å². The van der Waals surface area contributed by atoms with E-state index in [4.69, 9.17) is 14.2 Å². The molecule has 4 nitrogen and oxygen atoms in total. The lowest BCUT2D eigenvalue weighted by Gasteiger charge is -2.07. The van der Waals surface area contributed by atoms with Crippen LogP contribution >= 0.6 is 0 Å². The van der Waals surface area contributed by atoms with Gasteiger partial charge in [0.1, 0.15) is 6.61 Å². The molecule has 204 valence electrons. The number of esters is 1. The molecular weight excluding hydrogens is 424 g/mol. The van der Waals surface area contributed by atoms with Crippen LogP contribution in [0.3, 0.4) is 0 Å². The molecule has 0 aromatic rings. The Kier molecular flexibility index (Phi) is 29.9. The molecule has 0 unspecified atom stereocenters. The van der Waals surface area contributed by atoms with Gasteiger partial charge in [0, 0.05) is 13.0 Å². The topological polar surface area (TPSA) is 44.8 Å². The molecule has 0 spiro atoms. The largest absolute Gasteiger partial charge is 0.463 e. The Morgan fingerprint density at radius 1 is 0.412 bits per heavy atom. The average Bonchev–Trinajstić information content (AvgIpc) is 2.84. The van der Waals surface area contributed by atoms with Crippen LogP contribution in [-0.4, -0.2) is 39.0 Å². The Morgan fingerprint density at radius 3 is 1.24 bits per heavy atom. The van der Waals surface area contributed by atoms with Crippen LogP contribution in [0, 0.1) is 0 Å². The monoisotopic (exact) mass is 484 g/mol. The van der Waals surface area contributed by atoms with E-state index in [1.165, 1.54) is 116 Å². The number of ether oxygens (including phenoxy) is 3. The van der Waals surface area contributed by atoms with Crippen molar-refractivity contribution < 1.29 is 19.0 Å². The zero-order valence-corrected chi connectivity index (χ0v) is 23.2. The molecular formula is C30H60O4. The molecule has 0 radical (unpaired) electrons. The lowest BCUT2D eigenvalue weighted by atomic mass is 10.0. The summed E-state index contributed by atoms with van der Waals surface area (Å²) in [6, 6.07) is 0. The Bertz CT molecular complexity index is 386.